The van der Waals surface area contributed by atoms with Gasteiger partial charge in [0.05, 0.1) is 4.92 Å². The van der Waals surface area contributed by atoms with E-state index in [4.69, 9.17) is 11.6 Å². The Morgan fingerprint density at radius 2 is 1.94 bits per heavy atom. The number of halogens is 1. The molecule has 1 N–H and O–H groups in total. The highest BCUT2D eigenvalue weighted by molar-refractivity contribution is 8.02. The quantitative estimate of drug-likeness (QED) is 0.285. The lowest BCUT2D eigenvalue weighted by atomic mass is 10.1. The van der Waals surface area contributed by atoms with E-state index in [-0.39, 0.29) is 16.6 Å². The average Bonchev–Trinajstić information content (AvgIpc) is 3.45. The Morgan fingerprint density at radius 1 is 1.19 bits per heavy atom. The molecule has 1 fully saturated rings. The monoisotopic (exact) mass is 475 g/mol. The van der Waals surface area contributed by atoms with Crippen molar-refractivity contribution in [1.29, 1.82) is 0 Å². The Labute approximate surface area is 191 Å². The van der Waals surface area contributed by atoms with Gasteiger partial charge in [-0.1, -0.05) is 65.0 Å². The molecule has 3 aromatic rings. The molecule has 0 spiro atoms. The second-order valence-corrected chi connectivity index (χ2v) is 9.58. The van der Waals surface area contributed by atoms with Gasteiger partial charge in [-0.05, 0) is 30.5 Å². The Morgan fingerprint density at radius 3 is 2.65 bits per heavy atom. The van der Waals surface area contributed by atoms with Gasteiger partial charge in [-0.25, -0.2) is 0 Å². The molecule has 4 rings (SSSR count). The van der Waals surface area contributed by atoms with Crippen LogP contribution in [0.15, 0.2) is 52.9 Å². The van der Waals surface area contributed by atoms with Crippen molar-refractivity contribution in [2.24, 2.45) is 0 Å². The van der Waals surface area contributed by atoms with Crippen LogP contribution in [-0.4, -0.2) is 34.1 Å². The van der Waals surface area contributed by atoms with E-state index >= 15 is 0 Å². The van der Waals surface area contributed by atoms with Crippen LogP contribution in [0.1, 0.15) is 23.7 Å². The summed E-state index contributed by atoms with van der Waals surface area (Å²) < 4.78 is 0.688. The number of hydrogen-bond donors (Lipinski definition) is 1. The fourth-order valence-corrected chi connectivity index (χ4v) is 5.50. The van der Waals surface area contributed by atoms with Crippen molar-refractivity contribution in [3.8, 4) is 0 Å². The summed E-state index contributed by atoms with van der Waals surface area (Å²) in [4.78, 5) is 25.9. The molecule has 0 radical (unpaired) electrons. The standard InChI is InChI=1S/C20H18ClN5O3S2/c21-15-9-8-14(12-16(15)26(28)29)22-18(27)17(13-6-2-1-3-7-13)30-20-24-23-19(31-20)25-10-4-5-11-25/h1-3,6-9,12,17H,4-5,10-11H2,(H,22,27). The third kappa shape index (κ3) is 5.15. The number of carbonyl (C=O) groups excluding carboxylic acids is 1. The molecule has 1 aromatic heterocycles. The SMILES string of the molecule is O=C(Nc1ccc(Cl)c([N+](=O)[O-])c1)C(Sc1nnc(N2CCCC2)s1)c1ccccc1. The molecule has 0 saturated carbocycles. The lowest BCUT2D eigenvalue weighted by Crippen LogP contribution is -2.19. The normalized spacial score (nSPS) is 14.4. The van der Waals surface area contributed by atoms with Crippen LogP contribution in [0, 0.1) is 10.1 Å². The summed E-state index contributed by atoms with van der Waals surface area (Å²) in [5, 5.41) is 22.7. The number of hydrogen-bond acceptors (Lipinski definition) is 8. The summed E-state index contributed by atoms with van der Waals surface area (Å²) in [6, 6.07) is 13.5. The fourth-order valence-electron chi connectivity index (χ4n) is 3.23. The van der Waals surface area contributed by atoms with Gasteiger partial charge in [0.2, 0.25) is 11.0 Å². The first-order chi connectivity index (χ1) is 15.0. The van der Waals surface area contributed by atoms with Crippen molar-refractivity contribution in [3.63, 3.8) is 0 Å². The zero-order chi connectivity index (χ0) is 21.8. The molecular formula is C20H18ClN5O3S2. The maximum Gasteiger partial charge on any atom is 0.289 e. The van der Waals surface area contributed by atoms with Crippen LogP contribution < -0.4 is 10.2 Å². The maximum atomic E-state index is 13.2. The average molecular weight is 476 g/mol. The first-order valence-electron chi connectivity index (χ1n) is 9.56. The number of nitro groups is 1. The van der Waals surface area contributed by atoms with Crippen molar-refractivity contribution in [3.05, 3.63) is 69.2 Å². The molecule has 1 unspecified atom stereocenters. The molecule has 2 heterocycles. The van der Waals surface area contributed by atoms with Crippen LogP contribution in [0.2, 0.25) is 5.02 Å². The summed E-state index contributed by atoms with van der Waals surface area (Å²) in [5.41, 5.74) is 0.840. The van der Waals surface area contributed by atoms with Crippen LogP contribution in [0.25, 0.3) is 0 Å². The van der Waals surface area contributed by atoms with E-state index in [0.29, 0.717) is 10.0 Å². The Balaban J connectivity index is 1.56. The van der Waals surface area contributed by atoms with E-state index in [1.807, 2.05) is 30.3 Å². The predicted molar refractivity (Wildman–Crippen MR) is 123 cm³/mol. The molecule has 11 heteroatoms. The smallest absolute Gasteiger partial charge is 0.289 e. The van der Waals surface area contributed by atoms with E-state index in [1.165, 1.54) is 41.3 Å². The molecule has 8 nitrogen and oxygen atoms in total. The van der Waals surface area contributed by atoms with Crippen molar-refractivity contribution in [2.75, 3.05) is 23.3 Å². The number of amides is 1. The van der Waals surface area contributed by atoms with Crippen LogP contribution >= 0.6 is 34.7 Å². The number of rotatable bonds is 7. The minimum absolute atomic E-state index is 0.0142. The molecule has 0 aliphatic carbocycles. The second-order valence-electron chi connectivity index (χ2n) is 6.87. The molecule has 1 saturated heterocycles. The van der Waals surface area contributed by atoms with E-state index in [0.717, 1.165) is 36.6 Å². The Kier molecular flexibility index (Phi) is 6.69. The number of aromatic nitrogens is 2. The molecule has 2 aromatic carbocycles. The van der Waals surface area contributed by atoms with Crippen LogP contribution in [0.4, 0.5) is 16.5 Å². The van der Waals surface area contributed by atoms with Gasteiger partial charge >= 0.3 is 0 Å². The van der Waals surface area contributed by atoms with Crippen LogP contribution in [0.3, 0.4) is 0 Å². The van der Waals surface area contributed by atoms with E-state index in [1.54, 1.807) is 0 Å². The number of thioether (sulfide) groups is 1. The van der Waals surface area contributed by atoms with Gasteiger partial charge in [0.15, 0.2) is 4.34 Å². The molecule has 1 aliphatic rings. The number of anilines is 2. The maximum absolute atomic E-state index is 13.2. The summed E-state index contributed by atoms with van der Waals surface area (Å²) >= 11 is 8.65. The molecule has 1 aliphatic heterocycles. The second kappa shape index (κ2) is 9.63. The Hall–Kier alpha value is -2.69. The highest BCUT2D eigenvalue weighted by Crippen LogP contribution is 2.40. The third-order valence-electron chi connectivity index (χ3n) is 4.74. The summed E-state index contributed by atoms with van der Waals surface area (Å²) in [7, 11) is 0. The topological polar surface area (TPSA) is 101 Å². The Bertz CT molecular complexity index is 1090. The van der Waals surface area contributed by atoms with Gasteiger partial charge in [0.25, 0.3) is 5.69 Å². The molecular weight excluding hydrogens is 458 g/mol. The highest BCUT2D eigenvalue weighted by atomic mass is 35.5. The number of nitrogens with one attached hydrogen (secondary N) is 1. The van der Waals surface area contributed by atoms with Crippen molar-refractivity contribution in [1.82, 2.24) is 10.2 Å². The number of nitrogens with zero attached hydrogens (tertiary/aromatic N) is 4. The van der Waals surface area contributed by atoms with Gasteiger partial charge in [-0.2, -0.15) is 0 Å². The summed E-state index contributed by atoms with van der Waals surface area (Å²) in [6.45, 7) is 1.94. The van der Waals surface area contributed by atoms with Gasteiger partial charge < -0.3 is 10.2 Å². The van der Waals surface area contributed by atoms with E-state index in [2.05, 4.69) is 20.4 Å². The molecule has 0 bridgehead atoms. The van der Waals surface area contributed by atoms with Crippen LogP contribution in [-0.2, 0) is 4.79 Å². The first-order valence-corrected chi connectivity index (χ1v) is 11.6. The molecule has 1 atom stereocenters. The highest BCUT2D eigenvalue weighted by Gasteiger charge is 2.26. The van der Waals surface area contributed by atoms with Crippen molar-refractivity contribution >= 4 is 57.1 Å². The molecule has 31 heavy (non-hydrogen) atoms. The summed E-state index contributed by atoms with van der Waals surface area (Å²) in [6.07, 6.45) is 2.29. The lowest BCUT2D eigenvalue weighted by molar-refractivity contribution is -0.384. The van der Waals surface area contributed by atoms with Gasteiger partial charge in [0.1, 0.15) is 10.3 Å². The minimum Gasteiger partial charge on any atom is -0.347 e. The van der Waals surface area contributed by atoms with Crippen molar-refractivity contribution < 1.29 is 9.72 Å². The zero-order valence-electron chi connectivity index (χ0n) is 16.2. The number of carbonyl (C=O) groups is 1. The summed E-state index contributed by atoms with van der Waals surface area (Å²) in [5.74, 6) is -0.314. The van der Waals surface area contributed by atoms with E-state index in [9.17, 15) is 14.9 Å². The van der Waals surface area contributed by atoms with Gasteiger partial charge in [-0.15, -0.1) is 10.2 Å². The van der Waals surface area contributed by atoms with Crippen molar-refractivity contribution in [2.45, 2.75) is 22.4 Å². The van der Waals surface area contributed by atoms with Crippen LogP contribution in [0.5, 0.6) is 0 Å². The number of benzene rings is 2. The largest absolute Gasteiger partial charge is 0.347 e. The van der Waals surface area contributed by atoms with Gasteiger partial charge in [-0.3, -0.25) is 14.9 Å². The minimum atomic E-state index is -0.602. The third-order valence-corrected chi connectivity index (χ3v) is 7.38. The van der Waals surface area contributed by atoms with E-state index < -0.39 is 10.2 Å². The first kappa shape index (κ1) is 21.5. The van der Waals surface area contributed by atoms with Gasteiger partial charge in [0, 0.05) is 24.8 Å². The lowest BCUT2D eigenvalue weighted by Gasteiger charge is -2.16. The molecule has 160 valence electrons. The fraction of sp³-hybridized carbons (Fsp3) is 0.250. The molecule has 1 amide bonds. The predicted octanol–water partition coefficient (Wildman–Crippen LogP) is 5.17. The zero-order valence-corrected chi connectivity index (χ0v) is 18.6. The number of nitro benzene ring substituents is 1.